The maximum absolute atomic E-state index is 12.7. The molecular formula is C15H20N2O3S. The lowest BCUT2D eigenvalue weighted by atomic mass is 9.93. The van der Waals surface area contributed by atoms with E-state index >= 15 is 0 Å². The van der Waals surface area contributed by atoms with E-state index in [-0.39, 0.29) is 17.4 Å². The van der Waals surface area contributed by atoms with Crippen LogP contribution in [0, 0.1) is 0 Å². The van der Waals surface area contributed by atoms with Crippen molar-refractivity contribution < 1.29 is 13.2 Å². The van der Waals surface area contributed by atoms with Crippen molar-refractivity contribution in [1.29, 1.82) is 0 Å². The highest BCUT2D eigenvalue weighted by molar-refractivity contribution is 7.91. The highest BCUT2D eigenvalue weighted by Gasteiger charge is 2.28. The second kappa shape index (κ2) is 5.77. The van der Waals surface area contributed by atoms with Crippen molar-refractivity contribution in [1.82, 2.24) is 10.2 Å². The molecule has 1 amide bonds. The first-order valence-corrected chi connectivity index (χ1v) is 9.18. The van der Waals surface area contributed by atoms with Gasteiger partial charge < -0.3 is 10.2 Å². The minimum atomic E-state index is -2.96. The van der Waals surface area contributed by atoms with Crippen LogP contribution in [-0.4, -0.2) is 56.9 Å². The minimum absolute atomic E-state index is 0.0348. The van der Waals surface area contributed by atoms with E-state index in [4.69, 9.17) is 0 Å². The first kappa shape index (κ1) is 14.5. The monoisotopic (exact) mass is 308 g/mol. The van der Waals surface area contributed by atoms with Crippen LogP contribution in [0.2, 0.25) is 0 Å². The molecule has 6 heteroatoms. The van der Waals surface area contributed by atoms with Gasteiger partial charge in [0, 0.05) is 25.2 Å². The Morgan fingerprint density at radius 3 is 2.57 bits per heavy atom. The summed E-state index contributed by atoms with van der Waals surface area (Å²) in [4.78, 5) is 14.4. The van der Waals surface area contributed by atoms with Gasteiger partial charge in [0.05, 0.1) is 11.5 Å². The standard InChI is InChI=1S/C15H20N2O3S/c18-15(17-7-9-21(19,20)10-8-17)14-4-2-1-3-13(14)12-5-6-16-11-12/h1-4,12,16H,5-11H2. The Morgan fingerprint density at radius 1 is 1.19 bits per heavy atom. The predicted molar refractivity (Wildman–Crippen MR) is 81.2 cm³/mol. The van der Waals surface area contributed by atoms with E-state index in [9.17, 15) is 13.2 Å². The van der Waals surface area contributed by atoms with Gasteiger partial charge in [-0.3, -0.25) is 4.79 Å². The van der Waals surface area contributed by atoms with Crippen LogP contribution in [0.1, 0.15) is 28.3 Å². The van der Waals surface area contributed by atoms with Crippen molar-refractivity contribution in [2.75, 3.05) is 37.7 Å². The number of hydrogen-bond donors (Lipinski definition) is 1. The summed E-state index contributed by atoms with van der Waals surface area (Å²) in [7, 11) is -2.96. The van der Waals surface area contributed by atoms with Gasteiger partial charge in [0.15, 0.2) is 9.84 Å². The van der Waals surface area contributed by atoms with E-state index in [0.29, 0.717) is 19.0 Å². The van der Waals surface area contributed by atoms with Gasteiger partial charge in [-0.2, -0.15) is 0 Å². The van der Waals surface area contributed by atoms with E-state index in [1.165, 1.54) is 0 Å². The third-order valence-corrected chi connectivity index (χ3v) is 5.93. The van der Waals surface area contributed by atoms with Crippen LogP contribution < -0.4 is 5.32 Å². The summed E-state index contributed by atoms with van der Waals surface area (Å²) < 4.78 is 23.0. The second-order valence-electron chi connectivity index (χ2n) is 5.72. The third-order valence-electron chi connectivity index (χ3n) is 4.32. The Bertz CT molecular complexity index is 622. The van der Waals surface area contributed by atoms with Crippen LogP contribution in [0.25, 0.3) is 0 Å². The molecule has 21 heavy (non-hydrogen) atoms. The van der Waals surface area contributed by atoms with Crippen LogP contribution in [0.5, 0.6) is 0 Å². The molecule has 1 aromatic rings. The average Bonchev–Trinajstić information content (AvgIpc) is 3.01. The number of nitrogens with zero attached hydrogens (tertiary/aromatic N) is 1. The van der Waals surface area contributed by atoms with Crippen molar-refractivity contribution in [2.45, 2.75) is 12.3 Å². The zero-order valence-corrected chi connectivity index (χ0v) is 12.7. The molecule has 2 aliphatic rings. The van der Waals surface area contributed by atoms with Gasteiger partial charge in [-0.15, -0.1) is 0 Å². The van der Waals surface area contributed by atoms with Gasteiger partial charge in [-0.1, -0.05) is 18.2 Å². The second-order valence-corrected chi connectivity index (χ2v) is 8.02. The molecule has 0 radical (unpaired) electrons. The number of carbonyl (C=O) groups is 1. The van der Waals surface area contributed by atoms with Gasteiger partial charge in [0.2, 0.25) is 0 Å². The summed E-state index contributed by atoms with van der Waals surface area (Å²) in [6, 6.07) is 7.72. The van der Waals surface area contributed by atoms with Crippen molar-refractivity contribution in [3.8, 4) is 0 Å². The molecule has 0 aromatic heterocycles. The lowest BCUT2D eigenvalue weighted by molar-refractivity contribution is 0.0768. The molecule has 2 saturated heterocycles. The van der Waals surface area contributed by atoms with Gasteiger partial charge >= 0.3 is 0 Å². The largest absolute Gasteiger partial charge is 0.337 e. The molecule has 2 heterocycles. The SMILES string of the molecule is O=C(c1ccccc1C1CCNC1)N1CCS(=O)(=O)CC1. The van der Waals surface area contributed by atoms with Gasteiger partial charge in [0.25, 0.3) is 5.91 Å². The summed E-state index contributed by atoms with van der Waals surface area (Å²) >= 11 is 0. The molecule has 0 spiro atoms. The Morgan fingerprint density at radius 2 is 1.90 bits per heavy atom. The van der Waals surface area contributed by atoms with Crippen LogP contribution in [0.4, 0.5) is 0 Å². The van der Waals surface area contributed by atoms with Gasteiger partial charge in [0.1, 0.15) is 0 Å². The molecule has 0 saturated carbocycles. The molecule has 1 N–H and O–H groups in total. The summed E-state index contributed by atoms with van der Waals surface area (Å²) in [5, 5.41) is 3.32. The molecule has 5 nitrogen and oxygen atoms in total. The molecule has 2 aliphatic heterocycles. The normalized spacial score (nSPS) is 25.0. The first-order chi connectivity index (χ1) is 10.1. The summed E-state index contributed by atoms with van der Waals surface area (Å²) in [5.74, 6) is 0.490. The third kappa shape index (κ3) is 3.11. The van der Waals surface area contributed by atoms with E-state index < -0.39 is 9.84 Å². The molecule has 1 aromatic carbocycles. The van der Waals surface area contributed by atoms with E-state index in [2.05, 4.69) is 5.32 Å². The Labute approximate surface area is 125 Å². The molecular weight excluding hydrogens is 288 g/mol. The summed E-state index contributed by atoms with van der Waals surface area (Å²) in [6.45, 7) is 2.49. The zero-order valence-electron chi connectivity index (χ0n) is 11.9. The maximum Gasteiger partial charge on any atom is 0.254 e. The fourth-order valence-electron chi connectivity index (χ4n) is 3.05. The zero-order chi connectivity index (χ0) is 14.9. The van der Waals surface area contributed by atoms with E-state index in [0.717, 1.165) is 30.6 Å². The first-order valence-electron chi connectivity index (χ1n) is 7.36. The van der Waals surface area contributed by atoms with Gasteiger partial charge in [-0.05, 0) is 30.5 Å². The highest BCUT2D eigenvalue weighted by atomic mass is 32.2. The predicted octanol–water partition coefficient (Wildman–Crippen LogP) is 0.634. The van der Waals surface area contributed by atoms with Crippen LogP contribution in [0.3, 0.4) is 0 Å². The Hall–Kier alpha value is -1.40. The molecule has 1 atom stereocenters. The number of rotatable bonds is 2. The molecule has 0 bridgehead atoms. The number of sulfone groups is 1. The molecule has 114 valence electrons. The van der Waals surface area contributed by atoms with Crippen molar-refractivity contribution in [3.63, 3.8) is 0 Å². The maximum atomic E-state index is 12.7. The number of nitrogens with one attached hydrogen (secondary N) is 1. The van der Waals surface area contributed by atoms with Crippen molar-refractivity contribution in [3.05, 3.63) is 35.4 Å². The van der Waals surface area contributed by atoms with Crippen molar-refractivity contribution in [2.24, 2.45) is 0 Å². The summed E-state index contributed by atoms with van der Waals surface area (Å²) in [5.41, 5.74) is 1.81. The number of benzene rings is 1. The molecule has 1 unspecified atom stereocenters. The topological polar surface area (TPSA) is 66.5 Å². The summed E-state index contributed by atoms with van der Waals surface area (Å²) in [6.07, 6.45) is 1.04. The molecule has 3 rings (SSSR count). The molecule has 0 aliphatic carbocycles. The highest BCUT2D eigenvalue weighted by Crippen LogP contribution is 2.26. The van der Waals surface area contributed by atoms with Crippen LogP contribution >= 0.6 is 0 Å². The van der Waals surface area contributed by atoms with E-state index in [1.807, 2.05) is 24.3 Å². The van der Waals surface area contributed by atoms with Gasteiger partial charge in [-0.25, -0.2) is 8.42 Å². The Balaban J connectivity index is 1.82. The van der Waals surface area contributed by atoms with Crippen LogP contribution in [0.15, 0.2) is 24.3 Å². The smallest absolute Gasteiger partial charge is 0.254 e. The number of carbonyl (C=O) groups excluding carboxylic acids is 1. The van der Waals surface area contributed by atoms with Crippen molar-refractivity contribution >= 4 is 15.7 Å². The average molecular weight is 308 g/mol. The lowest BCUT2D eigenvalue weighted by Crippen LogP contribution is -2.44. The van der Waals surface area contributed by atoms with E-state index in [1.54, 1.807) is 4.90 Å². The fourth-order valence-corrected chi connectivity index (χ4v) is 4.25. The quantitative estimate of drug-likeness (QED) is 0.870. The Kier molecular flexibility index (Phi) is 3.99. The van der Waals surface area contributed by atoms with Crippen LogP contribution in [-0.2, 0) is 9.84 Å². The minimum Gasteiger partial charge on any atom is -0.337 e. The lowest BCUT2D eigenvalue weighted by Gasteiger charge is -2.28. The number of amides is 1. The fraction of sp³-hybridized carbons (Fsp3) is 0.533. The number of hydrogen-bond acceptors (Lipinski definition) is 4. The molecule has 2 fully saturated rings.